The van der Waals surface area contributed by atoms with Crippen molar-refractivity contribution in [2.75, 3.05) is 0 Å². The van der Waals surface area contributed by atoms with Gasteiger partial charge in [-0.05, 0) is 70.6 Å². The van der Waals surface area contributed by atoms with E-state index >= 15 is 0 Å². The van der Waals surface area contributed by atoms with E-state index < -0.39 is 21.8 Å². The van der Waals surface area contributed by atoms with Crippen molar-refractivity contribution >= 4 is 27.1 Å². The Labute approximate surface area is 195 Å². The fourth-order valence-electron chi connectivity index (χ4n) is 3.36. The van der Waals surface area contributed by atoms with Crippen LogP contribution in [0.3, 0.4) is 0 Å². The average Bonchev–Trinajstić information content (AvgIpc) is 3.27. The number of hydrogen-bond acceptors (Lipinski definition) is 4. The molecule has 9 heteroatoms. The van der Waals surface area contributed by atoms with Crippen LogP contribution in [0.2, 0.25) is 0 Å². The Morgan fingerprint density at radius 3 is 2.48 bits per heavy atom. The Morgan fingerprint density at radius 2 is 1.85 bits per heavy atom. The summed E-state index contributed by atoms with van der Waals surface area (Å²) in [6, 6.07) is 10.9. The zero-order valence-electron chi connectivity index (χ0n) is 18.1. The van der Waals surface area contributed by atoms with Crippen LogP contribution < -0.4 is 4.72 Å². The molecule has 0 aliphatic heterocycles. The Balaban J connectivity index is 1.91. The van der Waals surface area contributed by atoms with E-state index in [1.54, 1.807) is 13.0 Å². The second kappa shape index (κ2) is 10.2. The SMILES string of the molecule is CCC(C)NS(=O)(=O)c1ccc(-c2ccsc2)c(CC(=O)Cc2cccc(C(F)(F)F)c2)c1. The summed E-state index contributed by atoms with van der Waals surface area (Å²) >= 11 is 1.47. The van der Waals surface area contributed by atoms with Crippen molar-refractivity contribution in [1.29, 1.82) is 0 Å². The molecule has 0 aliphatic carbocycles. The molecular formula is C24H24F3NO3S2. The summed E-state index contributed by atoms with van der Waals surface area (Å²) in [5.41, 5.74) is 1.53. The van der Waals surface area contributed by atoms with Gasteiger partial charge in [-0.15, -0.1) is 0 Å². The lowest BCUT2D eigenvalue weighted by atomic mass is 9.95. The van der Waals surface area contributed by atoms with Gasteiger partial charge in [0.2, 0.25) is 10.0 Å². The number of Topliss-reactive ketones (excluding diaryl/α,β-unsaturated/α-hetero) is 1. The molecule has 1 N–H and O–H groups in total. The number of alkyl halides is 3. The maximum atomic E-state index is 13.0. The van der Waals surface area contributed by atoms with Gasteiger partial charge in [-0.3, -0.25) is 4.79 Å². The fraction of sp³-hybridized carbons (Fsp3) is 0.292. The Hall–Kier alpha value is -2.49. The largest absolute Gasteiger partial charge is 0.416 e. The third kappa shape index (κ3) is 6.52. The Morgan fingerprint density at radius 1 is 1.09 bits per heavy atom. The van der Waals surface area contributed by atoms with Gasteiger partial charge in [-0.25, -0.2) is 13.1 Å². The molecule has 176 valence electrons. The van der Waals surface area contributed by atoms with Gasteiger partial charge in [-0.2, -0.15) is 24.5 Å². The van der Waals surface area contributed by atoms with Crippen LogP contribution in [-0.4, -0.2) is 20.2 Å². The minimum Gasteiger partial charge on any atom is -0.299 e. The molecule has 0 amide bonds. The quantitative estimate of drug-likeness (QED) is 0.404. The molecule has 1 heterocycles. The highest BCUT2D eigenvalue weighted by atomic mass is 32.2. The van der Waals surface area contributed by atoms with Crippen LogP contribution in [0.5, 0.6) is 0 Å². The number of rotatable bonds is 9. The highest BCUT2D eigenvalue weighted by Crippen LogP contribution is 2.31. The number of carbonyl (C=O) groups is 1. The topological polar surface area (TPSA) is 63.2 Å². The van der Waals surface area contributed by atoms with E-state index in [0.29, 0.717) is 12.0 Å². The molecule has 1 atom stereocenters. The first kappa shape index (κ1) is 25.1. The first-order valence-electron chi connectivity index (χ1n) is 10.3. The normalized spacial score (nSPS) is 13.1. The second-order valence-corrected chi connectivity index (χ2v) is 10.3. The van der Waals surface area contributed by atoms with Crippen molar-refractivity contribution < 1.29 is 26.4 Å². The molecule has 3 aromatic rings. The number of nitrogens with one attached hydrogen (secondary N) is 1. The van der Waals surface area contributed by atoms with Crippen LogP contribution in [0.1, 0.15) is 37.0 Å². The standard InChI is InChI=1S/C24H24F3NO3S2/c1-3-16(2)28-33(30,31)22-7-8-23(18-9-10-32-15-18)19(14-22)13-21(29)12-17-5-4-6-20(11-17)24(25,26)27/h4-11,14-16,28H,3,12-13H2,1-2H3. The lowest BCUT2D eigenvalue weighted by Crippen LogP contribution is -2.32. The molecule has 0 saturated heterocycles. The molecule has 0 saturated carbocycles. The fourth-order valence-corrected chi connectivity index (χ4v) is 5.39. The molecule has 0 radical (unpaired) electrons. The summed E-state index contributed by atoms with van der Waals surface area (Å²) < 4.78 is 67.1. The van der Waals surface area contributed by atoms with Gasteiger partial charge in [0.25, 0.3) is 0 Å². The summed E-state index contributed by atoms with van der Waals surface area (Å²) in [5, 5.41) is 3.76. The Bertz CT molecular complexity index is 1220. The van der Waals surface area contributed by atoms with Crippen molar-refractivity contribution in [1.82, 2.24) is 4.72 Å². The van der Waals surface area contributed by atoms with E-state index in [9.17, 15) is 26.4 Å². The molecule has 0 spiro atoms. The molecule has 4 nitrogen and oxygen atoms in total. The first-order chi connectivity index (χ1) is 15.5. The van der Waals surface area contributed by atoms with Crippen molar-refractivity contribution in [2.24, 2.45) is 0 Å². The van der Waals surface area contributed by atoms with Crippen molar-refractivity contribution in [3.63, 3.8) is 0 Å². The monoisotopic (exact) mass is 495 g/mol. The molecular weight excluding hydrogens is 471 g/mol. The lowest BCUT2D eigenvalue weighted by Gasteiger charge is -2.15. The number of thiophene rings is 1. The molecule has 3 rings (SSSR count). The summed E-state index contributed by atoms with van der Waals surface area (Å²) in [4.78, 5) is 12.9. The minimum atomic E-state index is -4.49. The van der Waals surface area contributed by atoms with E-state index in [0.717, 1.165) is 23.3 Å². The smallest absolute Gasteiger partial charge is 0.299 e. The highest BCUT2D eigenvalue weighted by Gasteiger charge is 2.30. The van der Waals surface area contributed by atoms with Crippen molar-refractivity contribution in [2.45, 2.75) is 50.2 Å². The number of benzene rings is 2. The highest BCUT2D eigenvalue weighted by molar-refractivity contribution is 7.89. The third-order valence-corrected chi connectivity index (χ3v) is 7.50. The average molecular weight is 496 g/mol. The number of sulfonamides is 1. The van der Waals surface area contributed by atoms with Crippen LogP contribution in [0.4, 0.5) is 13.2 Å². The van der Waals surface area contributed by atoms with E-state index in [2.05, 4.69) is 4.72 Å². The number of ketones is 1. The van der Waals surface area contributed by atoms with Crippen molar-refractivity contribution in [3.05, 3.63) is 76.0 Å². The molecule has 1 unspecified atom stereocenters. The molecule has 0 fully saturated rings. The zero-order chi connectivity index (χ0) is 24.2. The van der Waals surface area contributed by atoms with Gasteiger partial charge in [0.15, 0.2) is 0 Å². The molecule has 2 aromatic carbocycles. The maximum Gasteiger partial charge on any atom is 0.416 e. The third-order valence-electron chi connectivity index (χ3n) is 5.23. The number of halogens is 3. The van der Waals surface area contributed by atoms with Gasteiger partial charge >= 0.3 is 6.18 Å². The van der Waals surface area contributed by atoms with Gasteiger partial charge in [0, 0.05) is 18.9 Å². The van der Waals surface area contributed by atoms with Crippen LogP contribution in [-0.2, 0) is 33.8 Å². The molecule has 1 aromatic heterocycles. The summed E-state index contributed by atoms with van der Waals surface area (Å²) in [6.07, 6.45) is -4.16. The van der Waals surface area contributed by atoms with E-state index in [4.69, 9.17) is 0 Å². The molecule has 33 heavy (non-hydrogen) atoms. The van der Waals surface area contributed by atoms with Gasteiger partial charge in [0.1, 0.15) is 5.78 Å². The van der Waals surface area contributed by atoms with Crippen LogP contribution in [0.25, 0.3) is 11.1 Å². The second-order valence-electron chi connectivity index (χ2n) is 7.85. The van der Waals surface area contributed by atoms with E-state index in [1.807, 2.05) is 23.8 Å². The van der Waals surface area contributed by atoms with E-state index in [1.165, 1.54) is 35.6 Å². The first-order valence-corrected chi connectivity index (χ1v) is 12.8. The maximum absolute atomic E-state index is 13.0. The van der Waals surface area contributed by atoms with Crippen LogP contribution in [0, 0.1) is 0 Å². The predicted octanol–water partition coefficient (Wildman–Crippen LogP) is 5.87. The molecule has 0 bridgehead atoms. The van der Waals surface area contributed by atoms with Gasteiger partial charge in [0.05, 0.1) is 10.5 Å². The summed E-state index contributed by atoms with van der Waals surface area (Å²) in [7, 11) is -3.78. The van der Waals surface area contributed by atoms with Crippen LogP contribution in [0.15, 0.2) is 64.2 Å². The lowest BCUT2D eigenvalue weighted by molar-refractivity contribution is -0.137. The number of carbonyl (C=O) groups excluding carboxylic acids is 1. The molecule has 0 aliphatic rings. The van der Waals surface area contributed by atoms with Crippen LogP contribution >= 0.6 is 11.3 Å². The Kier molecular flexibility index (Phi) is 7.76. The summed E-state index contributed by atoms with van der Waals surface area (Å²) in [6.45, 7) is 3.63. The van der Waals surface area contributed by atoms with Crippen molar-refractivity contribution in [3.8, 4) is 11.1 Å². The number of hydrogen-bond donors (Lipinski definition) is 1. The predicted molar refractivity (Wildman–Crippen MR) is 124 cm³/mol. The minimum absolute atomic E-state index is 0.0450. The van der Waals surface area contributed by atoms with Gasteiger partial charge in [-0.1, -0.05) is 31.2 Å². The van der Waals surface area contributed by atoms with Gasteiger partial charge < -0.3 is 0 Å². The van der Waals surface area contributed by atoms with E-state index in [-0.39, 0.29) is 35.1 Å². The zero-order valence-corrected chi connectivity index (χ0v) is 19.8. The summed E-state index contributed by atoms with van der Waals surface area (Å²) in [5.74, 6) is -0.310.